The Labute approximate surface area is 147 Å². The molecular weight excluding hydrogens is 312 g/mol. The summed E-state index contributed by atoms with van der Waals surface area (Å²) in [6.45, 7) is 0.639. The van der Waals surface area contributed by atoms with Crippen LogP contribution in [0.3, 0.4) is 0 Å². The number of hydrogen-bond acceptors (Lipinski definition) is 3. The number of nitrogens with zero attached hydrogens (tertiary/aromatic N) is 3. The number of carbonyl (C=O) groups is 1. The number of aromatic nitrogens is 2. The first kappa shape index (κ1) is 15.7. The molecule has 0 bridgehead atoms. The molecule has 0 spiro atoms. The number of carbonyl (C=O) groups excluding carboxylic acids is 1. The van der Waals surface area contributed by atoms with Gasteiger partial charge in [-0.05, 0) is 54.1 Å². The molecule has 3 aromatic rings. The fraction of sp³-hybridized carbons (Fsp3) is 0.300. The zero-order valence-corrected chi connectivity index (χ0v) is 14.6. The van der Waals surface area contributed by atoms with E-state index in [0.717, 1.165) is 29.7 Å². The first-order chi connectivity index (χ1) is 12.1. The second-order valence-electron chi connectivity index (χ2n) is 6.86. The predicted molar refractivity (Wildman–Crippen MR) is 99.8 cm³/mol. The van der Waals surface area contributed by atoms with E-state index < -0.39 is 0 Å². The second kappa shape index (κ2) is 6.24. The molecule has 1 fully saturated rings. The largest absolute Gasteiger partial charge is 0.363 e. The van der Waals surface area contributed by atoms with Crippen molar-refractivity contribution in [2.45, 2.75) is 25.4 Å². The summed E-state index contributed by atoms with van der Waals surface area (Å²) in [5.74, 6) is 0.918. The highest BCUT2D eigenvalue weighted by Crippen LogP contribution is 2.30. The van der Waals surface area contributed by atoms with Gasteiger partial charge in [-0.3, -0.25) is 4.79 Å². The maximum atomic E-state index is 13.0. The maximum absolute atomic E-state index is 13.0. The molecule has 0 atom stereocenters. The molecule has 1 aromatic carbocycles. The molecule has 5 nitrogen and oxygen atoms in total. The van der Waals surface area contributed by atoms with E-state index in [9.17, 15) is 4.79 Å². The molecule has 2 heterocycles. The van der Waals surface area contributed by atoms with Crippen LogP contribution in [0.15, 0.2) is 48.8 Å². The van der Waals surface area contributed by atoms with E-state index in [1.807, 2.05) is 42.2 Å². The van der Waals surface area contributed by atoms with Gasteiger partial charge in [0.15, 0.2) is 0 Å². The summed E-state index contributed by atoms with van der Waals surface area (Å²) in [5, 5.41) is 1.18. The molecule has 5 heteroatoms. The number of rotatable bonds is 5. The Kier molecular flexibility index (Phi) is 3.92. The van der Waals surface area contributed by atoms with Gasteiger partial charge < -0.3 is 14.8 Å². The summed E-state index contributed by atoms with van der Waals surface area (Å²) < 4.78 is 0. The van der Waals surface area contributed by atoms with Crippen molar-refractivity contribution < 1.29 is 4.79 Å². The molecule has 2 aromatic heterocycles. The van der Waals surface area contributed by atoms with Crippen LogP contribution in [-0.4, -0.2) is 40.9 Å². The van der Waals surface area contributed by atoms with E-state index >= 15 is 0 Å². The van der Waals surface area contributed by atoms with Crippen LogP contribution >= 0.6 is 0 Å². The van der Waals surface area contributed by atoms with Gasteiger partial charge in [0.05, 0.1) is 5.56 Å². The SMILES string of the molecule is CN(C)c1ccc(C(=O)N(Cc2ccc3[nH]ccc3c2)C2CC2)cn1. The number of fused-ring (bicyclic) bond motifs is 1. The Morgan fingerprint density at radius 3 is 2.72 bits per heavy atom. The standard InChI is InChI=1S/C20H22N4O/c1-23(2)19-8-4-16(12-22-19)20(25)24(17-5-6-17)13-14-3-7-18-15(11-14)9-10-21-18/h3-4,7-12,17,21H,5-6,13H2,1-2H3. The van der Waals surface area contributed by atoms with Gasteiger partial charge in [0.25, 0.3) is 5.91 Å². The van der Waals surface area contributed by atoms with Gasteiger partial charge in [-0.25, -0.2) is 4.98 Å². The summed E-state index contributed by atoms with van der Waals surface area (Å²) in [5.41, 5.74) is 2.93. The highest BCUT2D eigenvalue weighted by atomic mass is 16.2. The highest BCUT2D eigenvalue weighted by Gasteiger charge is 2.33. The molecule has 0 saturated heterocycles. The zero-order valence-electron chi connectivity index (χ0n) is 14.6. The van der Waals surface area contributed by atoms with Crippen molar-refractivity contribution in [3.63, 3.8) is 0 Å². The average Bonchev–Trinajstić information content (AvgIpc) is 3.36. The van der Waals surface area contributed by atoms with Gasteiger partial charge in [0.1, 0.15) is 5.82 Å². The third-order valence-corrected chi connectivity index (χ3v) is 4.67. The summed E-state index contributed by atoms with van der Waals surface area (Å²) in [6, 6.07) is 12.5. The summed E-state index contributed by atoms with van der Waals surface area (Å²) >= 11 is 0. The van der Waals surface area contributed by atoms with Gasteiger partial charge in [-0.1, -0.05) is 6.07 Å². The number of pyridine rings is 1. The van der Waals surface area contributed by atoms with Crippen LogP contribution in [-0.2, 0) is 6.54 Å². The molecule has 0 aliphatic heterocycles. The summed E-state index contributed by atoms with van der Waals surface area (Å²) in [7, 11) is 3.88. The normalized spacial score (nSPS) is 13.8. The Balaban J connectivity index is 1.56. The Morgan fingerprint density at radius 2 is 2.04 bits per heavy atom. The fourth-order valence-corrected chi connectivity index (χ4v) is 3.09. The van der Waals surface area contributed by atoms with E-state index in [-0.39, 0.29) is 5.91 Å². The Morgan fingerprint density at radius 1 is 1.20 bits per heavy atom. The maximum Gasteiger partial charge on any atom is 0.255 e. The predicted octanol–water partition coefficient (Wildman–Crippen LogP) is 3.43. The Hall–Kier alpha value is -2.82. The van der Waals surface area contributed by atoms with E-state index in [1.165, 1.54) is 5.39 Å². The molecule has 1 saturated carbocycles. The number of aromatic amines is 1. The van der Waals surface area contributed by atoms with E-state index in [2.05, 4.69) is 34.2 Å². The molecule has 1 aliphatic rings. The van der Waals surface area contributed by atoms with Gasteiger partial charge in [-0.2, -0.15) is 0 Å². The van der Waals surface area contributed by atoms with Gasteiger partial charge in [0.2, 0.25) is 0 Å². The van der Waals surface area contributed by atoms with Gasteiger partial charge in [0, 0.05) is 44.6 Å². The van der Waals surface area contributed by atoms with Crippen LogP contribution in [0.25, 0.3) is 10.9 Å². The number of benzene rings is 1. The first-order valence-electron chi connectivity index (χ1n) is 8.62. The number of anilines is 1. The summed E-state index contributed by atoms with van der Waals surface area (Å²) in [6.07, 6.45) is 5.79. The monoisotopic (exact) mass is 334 g/mol. The van der Waals surface area contributed by atoms with E-state index in [0.29, 0.717) is 18.2 Å². The van der Waals surface area contributed by atoms with Crippen LogP contribution in [0.4, 0.5) is 5.82 Å². The van der Waals surface area contributed by atoms with Crippen molar-refractivity contribution in [2.75, 3.05) is 19.0 Å². The first-order valence-corrected chi connectivity index (χ1v) is 8.62. The molecule has 1 N–H and O–H groups in total. The molecule has 25 heavy (non-hydrogen) atoms. The van der Waals surface area contributed by atoms with Crippen molar-refractivity contribution >= 4 is 22.6 Å². The van der Waals surface area contributed by atoms with Crippen LogP contribution < -0.4 is 4.90 Å². The van der Waals surface area contributed by atoms with Crippen molar-refractivity contribution in [1.29, 1.82) is 0 Å². The van der Waals surface area contributed by atoms with Crippen molar-refractivity contribution in [1.82, 2.24) is 14.9 Å². The second-order valence-corrected chi connectivity index (χ2v) is 6.86. The molecule has 4 rings (SSSR count). The number of amides is 1. The minimum atomic E-state index is 0.0643. The zero-order chi connectivity index (χ0) is 17.4. The minimum absolute atomic E-state index is 0.0643. The van der Waals surface area contributed by atoms with E-state index in [4.69, 9.17) is 0 Å². The lowest BCUT2D eigenvalue weighted by molar-refractivity contribution is 0.0729. The van der Waals surface area contributed by atoms with Crippen LogP contribution in [0, 0.1) is 0 Å². The molecule has 0 radical (unpaired) electrons. The third-order valence-electron chi connectivity index (χ3n) is 4.67. The number of nitrogens with one attached hydrogen (secondary N) is 1. The van der Waals surface area contributed by atoms with Crippen LogP contribution in [0.2, 0.25) is 0 Å². The number of hydrogen-bond donors (Lipinski definition) is 1. The van der Waals surface area contributed by atoms with Crippen LogP contribution in [0.5, 0.6) is 0 Å². The molecular formula is C20H22N4O. The highest BCUT2D eigenvalue weighted by molar-refractivity contribution is 5.94. The third kappa shape index (κ3) is 3.22. The average molecular weight is 334 g/mol. The molecule has 0 unspecified atom stereocenters. The molecule has 128 valence electrons. The van der Waals surface area contributed by atoms with Crippen LogP contribution in [0.1, 0.15) is 28.8 Å². The quantitative estimate of drug-likeness (QED) is 0.778. The minimum Gasteiger partial charge on any atom is -0.363 e. The molecule has 1 amide bonds. The topological polar surface area (TPSA) is 52.2 Å². The summed E-state index contributed by atoms with van der Waals surface area (Å²) in [4.78, 5) is 24.5. The Bertz CT molecular complexity index is 893. The van der Waals surface area contributed by atoms with Crippen molar-refractivity contribution in [2.24, 2.45) is 0 Å². The lowest BCUT2D eigenvalue weighted by atomic mass is 10.1. The van der Waals surface area contributed by atoms with Gasteiger partial charge in [-0.15, -0.1) is 0 Å². The molecule has 1 aliphatic carbocycles. The van der Waals surface area contributed by atoms with E-state index in [1.54, 1.807) is 6.20 Å². The lowest BCUT2D eigenvalue weighted by Gasteiger charge is -2.23. The van der Waals surface area contributed by atoms with Crippen molar-refractivity contribution in [3.8, 4) is 0 Å². The fourth-order valence-electron chi connectivity index (χ4n) is 3.09. The smallest absolute Gasteiger partial charge is 0.255 e. The lowest BCUT2D eigenvalue weighted by Crippen LogP contribution is -2.32. The van der Waals surface area contributed by atoms with Crippen molar-refractivity contribution in [3.05, 3.63) is 59.9 Å². The number of H-pyrrole nitrogens is 1. The van der Waals surface area contributed by atoms with Gasteiger partial charge >= 0.3 is 0 Å².